The minimum atomic E-state index is 0.0391. The number of fused-ring (bicyclic) bond motifs is 4. The molecule has 202 valence electrons. The molecule has 2 aromatic carbocycles. The predicted molar refractivity (Wildman–Crippen MR) is 156 cm³/mol. The zero-order chi connectivity index (χ0) is 26.8. The number of carbonyl (C=O) groups excluding carboxylic acids is 2. The van der Waals surface area contributed by atoms with Crippen molar-refractivity contribution in [1.29, 1.82) is 0 Å². The number of benzene rings is 2. The second-order valence-corrected chi connectivity index (χ2v) is 11.7. The number of carbonyl (C=O) groups is 2. The van der Waals surface area contributed by atoms with Crippen LogP contribution in [0, 0.1) is 0 Å². The van der Waals surface area contributed by atoms with E-state index in [2.05, 4.69) is 34.1 Å². The normalized spacial score (nSPS) is 20.4. The second kappa shape index (κ2) is 11.3. The van der Waals surface area contributed by atoms with E-state index in [1.54, 1.807) is 18.3 Å². The van der Waals surface area contributed by atoms with Gasteiger partial charge in [0.25, 0.3) is 0 Å². The second-order valence-electron chi connectivity index (χ2n) is 10.7. The average molecular weight is 542 g/mol. The lowest BCUT2D eigenvalue weighted by atomic mass is 9.93. The molecule has 4 heterocycles. The van der Waals surface area contributed by atoms with Crippen molar-refractivity contribution in [2.24, 2.45) is 0 Å². The minimum Gasteiger partial charge on any atom is -0.338 e. The molecule has 2 aliphatic heterocycles. The first-order valence-electron chi connectivity index (χ1n) is 13.9. The molecule has 2 aromatic heterocycles. The number of hydrogen-bond acceptors (Lipinski definition) is 5. The van der Waals surface area contributed by atoms with Crippen molar-refractivity contribution in [3.63, 3.8) is 0 Å². The van der Waals surface area contributed by atoms with E-state index in [-0.39, 0.29) is 24.4 Å². The van der Waals surface area contributed by atoms with Gasteiger partial charge in [-0.2, -0.15) is 0 Å². The van der Waals surface area contributed by atoms with E-state index in [9.17, 15) is 9.59 Å². The summed E-state index contributed by atoms with van der Waals surface area (Å²) in [6, 6.07) is 18.9. The van der Waals surface area contributed by atoms with Crippen LogP contribution in [0.5, 0.6) is 0 Å². The molecular formula is C31H35N5O2S. The van der Waals surface area contributed by atoms with Crippen molar-refractivity contribution >= 4 is 39.7 Å². The number of nitrogens with zero attached hydrogens (tertiary/aromatic N) is 5. The number of rotatable bonds is 4. The highest BCUT2D eigenvalue weighted by Crippen LogP contribution is 2.32. The van der Waals surface area contributed by atoms with Crippen molar-refractivity contribution in [2.45, 2.75) is 64.3 Å². The largest absolute Gasteiger partial charge is 0.338 e. The standard InChI is InChI=1S/C31H35N5O2S/c1-23(37)35-17-14-26-9-6-10-27(36(26)21-30-32-15-18-39-30)20-34(19-25-8-3-5-12-29(25)35)31(38)22-33-16-13-24-7-2-4-11-28(24)33/h2-5,7-8,11-13,15-16,18,26-27H,6,9-10,14,17,19-22H2,1H3. The van der Waals surface area contributed by atoms with Crippen molar-refractivity contribution < 1.29 is 9.59 Å². The molecule has 0 spiro atoms. The molecule has 0 N–H and O–H groups in total. The molecule has 6 rings (SSSR count). The molecule has 7 nitrogen and oxygen atoms in total. The van der Waals surface area contributed by atoms with Gasteiger partial charge in [-0.3, -0.25) is 14.5 Å². The number of para-hydroxylation sites is 2. The fourth-order valence-electron chi connectivity index (χ4n) is 6.34. The molecule has 8 heteroatoms. The van der Waals surface area contributed by atoms with Crippen LogP contribution in [-0.4, -0.2) is 56.3 Å². The number of piperidine rings is 1. The van der Waals surface area contributed by atoms with Crippen LogP contribution in [0.25, 0.3) is 10.9 Å². The van der Waals surface area contributed by atoms with Gasteiger partial charge in [-0.25, -0.2) is 4.98 Å². The maximum atomic E-state index is 14.1. The first-order chi connectivity index (χ1) is 19.1. The monoisotopic (exact) mass is 541 g/mol. The molecule has 2 aliphatic rings. The molecular weight excluding hydrogens is 506 g/mol. The zero-order valence-electron chi connectivity index (χ0n) is 22.4. The number of hydrogen-bond donors (Lipinski definition) is 0. The van der Waals surface area contributed by atoms with E-state index < -0.39 is 0 Å². The topological polar surface area (TPSA) is 61.7 Å². The Hall–Kier alpha value is -3.49. The van der Waals surface area contributed by atoms with Crippen LogP contribution < -0.4 is 4.90 Å². The van der Waals surface area contributed by atoms with E-state index in [0.717, 1.165) is 59.4 Å². The summed E-state index contributed by atoms with van der Waals surface area (Å²) in [4.78, 5) is 38.1. The summed E-state index contributed by atoms with van der Waals surface area (Å²) in [6.07, 6.45) is 8.05. The van der Waals surface area contributed by atoms with Crippen molar-refractivity contribution in [1.82, 2.24) is 19.4 Å². The van der Waals surface area contributed by atoms with Crippen molar-refractivity contribution in [3.05, 3.63) is 82.9 Å². The first-order valence-corrected chi connectivity index (χ1v) is 14.8. The molecule has 1 fully saturated rings. The van der Waals surface area contributed by atoms with Gasteiger partial charge in [-0.1, -0.05) is 42.8 Å². The van der Waals surface area contributed by atoms with Crippen LogP contribution in [0.1, 0.15) is 43.2 Å². The molecule has 2 unspecified atom stereocenters. The maximum absolute atomic E-state index is 14.1. The van der Waals surface area contributed by atoms with E-state index in [0.29, 0.717) is 25.7 Å². The predicted octanol–water partition coefficient (Wildman–Crippen LogP) is 5.31. The molecule has 1 saturated heterocycles. The van der Waals surface area contributed by atoms with Crippen LogP contribution in [0.3, 0.4) is 0 Å². The smallest absolute Gasteiger partial charge is 0.242 e. The van der Waals surface area contributed by atoms with Crippen LogP contribution in [-0.2, 0) is 29.2 Å². The molecule has 2 atom stereocenters. The highest BCUT2D eigenvalue weighted by atomic mass is 32.1. The molecule has 39 heavy (non-hydrogen) atoms. The van der Waals surface area contributed by atoms with E-state index in [1.165, 1.54) is 0 Å². The Morgan fingerprint density at radius 1 is 1.00 bits per heavy atom. The lowest BCUT2D eigenvalue weighted by Crippen LogP contribution is -2.52. The van der Waals surface area contributed by atoms with E-state index >= 15 is 0 Å². The Balaban J connectivity index is 1.37. The summed E-state index contributed by atoms with van der Waals surface area (Å²) in [5, 5.41) is 4.27. The molecule has 0 radical (unpaired) electrons. The van der Waals surface area contributed by atoms with Gasteiger partial charge in [0.05, 0.1) is 6.54 Å². The van der Waals surface area contributed by atoms with Gasteiger partial charge < -0.3 is 14.4 Å². The van der Waals surface area contributed by atoms with Gasteiger partial charge in [0.1, 0.15) is 11.6 Å². The highest BCUT2D eigenvalue weighted by Gasteiger charge is 2.35. The first kappa shape index (κ1) is 25.8. The van der Waals surface area contributed by atoms with Gasteiger partial charge in [0, 0.05) is 67.6 Å². The summed E-state index contributed by atoms with van der Waals surface area (Å²) in [5.41, 5.74) is 2.99. The molecule has 4 aromatic rings. The highest BCUT2D eigenvalue weighted by molar-refractivity contribution is 7.09. The van der Waals surface area contributed by atoms with E-state index in [4.69, 9.17) is 0 Å². The number of amides is 2. The average Bonchev–Trinajstić information content (AvgIpc) is 3.60. The third-order valence-electron chi connectivity index (χ3n) is 8.29. The lowest BCUT2D eigenvalue weighted by molar-refractivity contribution is -0.133. The quantitative estimate of drug-likeness (QED) is 0.352. The Morgan fingerprint density at radius 3 is 2.67 bits per heavy atom. The Morgan fingerprint density at radius 2 is 1.82 bits per heavy atom. The summed E-state index contributed by atoms with van der Waals surface area (Å²) >= 11 is 1.69. The molecule has 0 saturated carbocycles. The lowest BCUT2D eigenvalue weighted by Gasteiger charge is -2.43. The van der Waals surface area contributed by atoms with Crippen LogP contribution in [0.2, 0.25) is 0 Å². The van der Waals surface area contributed by atoms with Crippen molar-refractivity contribution in [2.75, 3.05) is 18.0 Å². The number of anilines is 1. The van der Waals surface area contributed by atoms with Gasteiger partial charge >= 0.3 is 0 Å². The van der Waals surface area contributed by atoms with E-state index in [1.807, 2.05) is 62.5 Å². The Bertz CT molecular complexity index is 1450. The number of thiazole rings is 1. The summed E-state index contributed by atoms with van der Waals surface area (Å²) < 4.78 is 2.05. The SMILES string of the molecule is CC(=O)N1CCC2CCCC(CN(C(=O)Cn3ccc4ccccc43)Cc3ccccc31)N2Cc1nccs1. The fourth-order valence-corrected chi connectivity index (χ4v) is 6.97. The zero-order valence-corrected chi connectivity index (χ0v) is 23.2. The van der Waals surface area contributed by atoms with Gasteiger partial charge in [-0.05, 0) is 48.4 Å². The van der Waals surface area contributed by atoms with Gasteiger partial charge in [0.2, 0.25) is 11.8 Å². The minimum absolute atomic E-state index is 0.0391. The molecule has 0 aliphatic carbocycles. The third kappa shape index (κ3) is 5.49. The van der Waals surface area contributed by atoms with Crippen LogP contribution >= 0.6 is 11.3 Å². The Labute approximate surface area is 233 Å². The van der Waals surface area contributed by atoms with Gasteiger partial charge in [0.15, 0.2) is 0 Å². The van der Waals surface area contributed by atoms with Crippen LogP contribution in [0.4, 0.5) is 5.69 Å². The molecule has 2 bridgehead atoms. The third-order valence-corrected chi connectivity index (χ3v) is 9.06. The molecule has 2 amide bonds. The summed E-state index contributed by atoms with van der Waals surface area (Å²) in [5.74, 6) is 0.133. The van der Waals surface area contributed by atoms with Crippen molar-refractivity contribution in [3.8, 4) is 0 Å². The summed E-state index contributed by atoms with van der Waals surface area (Å²) in [7, 11) is 0. The maximum Gasteiger partial charge on any atom is 0.242 e. The summed E-state index contributed by atoms with van der Waals surface area (Å²) in [6.45, 7) is 4.52. The fraction of sp³-hybridized carbons (Fsp3) is 0.387. The van der Waals surface area contributed by atoms with Gasteiger partial charge in [-0.15, -0.1) is 11.3 Å². The number of aromatic nitrogens is 2. The Kier molecular flexibility index (Phi) is 7.48. The van der Waals surface area contributed by atoms with Crippen LogP contribution in [0.15, 0.2) is 72.4 Å².